The third kappa shape index (κ3) is 2.08. The molecule has 0 aromatic carbocycles. The van der Waals surface area contributed by atoms with E-state index in [-0.39, 0.29) is 6.42 Å². The predicted octanol–water partition coefficient (Wildman–Crippen LogP) is 3.61. The van der Waals surface area contributed by atoms with Gasteiger partial charge in [-0.05, 0) is 29.6 Å². The van der Waals surface area contributed by atoms with E-state index in [0.29, 0.717) is 6.42 Å². The van der Waals surface area contributed by atoms with Crippen molar-refractivity contribution >= 4 is 0 Å². The van der Waals surface area contributed by atoms with Crippen LogP contribution in [-0.2, 0) is 0 Å². The van der Waals surface area contributed by atoms with Crippen molar-refractivity contribution in [2.45, 2.75) is 63.8 Å². The summed E-state index contributed by atoms with van der Waals surface area (Å²) < 4.78 is 90.7. The minimum Gasteiger partial charge on any atom is -0.392 e. The molecule has 2 N–H and O–H groups in total. The second-order valence-electron chi connectivity index (χ2n) is 7.45. The molecule has 5 unspecified atom stereocenters. The van der Waals surface area contributed by atoms with E-state index in [1.165, 1.54) is 0 Å². The SMILES string of the molecule is CC1(C)C2CCC1(C)C(O)C2C(O)C(F)(F)C(F)(F)C(F)(F)F. The second-order valence-corrected chi connectivity index (χ2v) is 7.45. The Balaban J connectivity index is 2.40. The van der Waals surface area contributed by atoms with Crippen molar-refractivity contribution < 1.29 is 40.9 Å². The summed E-state index contributed by atoms with van der Waals surface area (Å²) in [4.78, 5) is 0. The summed E-state index contributed by atoms with van der Waals surface area (Å²) in [6.45, 7) is 4.85. The molecule has 2 rings (SSSR count). The van der Waals surface area contributed by atoms with Crippen LogP contribution in [0.2, 0.25) is 0 Å². The van der Waals surface area contributed by atoms with Gasteiger partial charge in [0.1, 0.15) is 6.10 Å². The molecule has 2 fully saturated rings. The molecule has 0 radical (unpaired) electrons. The van der Waals surface area contributed by atoms with Crippen LogP contribution < -0.4 is 0 Å². The molecule has 2 saturated carbocycles. The number of hydrogen-bond acceptors (Lipinski definition) is 2. The van der Waals surface area contributed by atoms with Crippen molar-refractivity contribution in [1.29, 1.82) is 0 Å². The Morgan fingerprint density at radius 2 is 1.48 bits per heavy atom. The summed E-state index contributed by atoms with van der Waals surface area (Å²) in [5, 5.41) is 20.0. The Bertz CT molecular complexity index is 488. The molecule has 0 saturated heterocycles. The van der Waals surface area contributed by atoms with Crippen LogP contribution in [0.25, 0.3) is 0 Å². The Labute approximate surface area is 128 Å². The summed E-state index contributed by atoms with van der Waals surface area (Å²) in [5.74, 6) is -14.6. The molecule has 2 aliphatic rings. The lowest BCUT2D eigenvalue weighted by Gasteiger charge is -2.40. The number of aliphatic hydroxyl groups excluding tert-OH is 2. The van der Waals surface area contributed by atoms with Crippen molar-refractivity contribution in [3.05, 3.63) is 0 Å². The predicted molar refractivity (Wildman–Crippen MR) is 66.1 cm³/mol. The van der Waals surface area contributed by atoms with Gasteiger partial charge in [-0.2, -0.15) is 30.7 Å². The highest BCUT2D eigenvalue weighted by molar-refractivity contribution is 5.17. The fourth-order valence-electron chi connectivity index (χ4n) is 4.42. The van der Waals surface area contributed by atoms with Gasteiger partial charge in [0.25, 0.3) is 0 Å². The molecule has 0 aromatic heterocycles. The van der Waals surface area contributed by atoms with Crippen LogP contribution in [-0.4, -0.2) is 40.4 Å². The highest BCUT2D eigenvalue weighted by Crippen LogP contribution is 2.69. The van der Waals surface area contributed by atoms with Crippen LogP contribution in [0.4, 0.5) is 30.7 Å². The normalized spacial score (nSPS) is 38.9. The van der Waals surface area contributed by atoms with Crippen molar-refractivity contribution in [3.8, 4) is 0 Å². The van der Waals surface area contributed by atoms with Gasteiger partial charge in [0, 0.05) is 5.92 Å². The van der Waals surface area contributed by atoms with Crippen LogP contribution in [0, 0.1) is 22.7 Å². The van der Waals surface area contributed by atoms with Gasteiger partial charge in [0.2, 0.25) is 0 Å². The minimum atomic E-state index is -6.50. The maximum absolute atomic E-state index is 13.8. The summed E-state index contributed by atoms with van der Waals surface area (Å²) in [5.41, 5.74) is -1.69. The van der Waals surface area contributed by atoms with Crippen LogP contribution in [0.5, 0.6) is 0 Å². The zero-order chi connectivity index (χ0) is 18.2. The Hall–Kier alpha value is -0.570. The lowest BCUT2D eigenvalue weighted by atomic mass is 9.70. The molecule has 2 nitrogen and oxygen atoms in total. The number of alkyl halides is 7. The molecular weight excluding hydrogens is 333 g/mol. The molecule has 0 aromatic rings. The van der Waals surface area contributed by atoms with Gasteiger partial charge in [-0.3, -0.25) is 0 Å². The Morgan fingerprint density at radius 1 is 1.00 bits per heavy atom. The van der Waals surface area contributed by atoms with E-state index in [1.807, 2.05) is 0 Å². The average Bonchev–Trinajstić information content (AvgIpc) is 2.68. The first kappa shape index (κ1) is 18.8. The smallest absolute Gasteiger partial charge is 0.392 e. The summed E-state index contributed by atoms with van der Waals surface area (Å²) in [6, 6.07) is 0. The third-order valence-electron chi connectivity index (χ3n) is 6.37. The van der Waals surface area contributed by atoms with Crippen LogP contribution in [0.15, 0.2) is 0 Å². The monoisotopic (exact) mass is 352 g/mol. The summed E-state index contributed by atoms with van der Waals surface area (Å²) >= 11 is 0. The number of aliphatic hydroxyl groups is 2. The standard InChI is InChI=1S/C14H19F7O2/c1-10(2)6-4-5-11(10,3)8(22)7(6)9(23)12(15,16)13(17,18)14(19,20)21/h6-9,22-23H,4-5H2,1-3H3. The van der Waals surface area contributed by atoms with E-state index >= 15 is 0 Å². The van der Waals surface area contributed by atoms with Gasteiger partial charge < -0.3 is 10.2 Å². The third-order valence-corrected chi connectivity index (χ3v) is 6.37. The summed E-state index contributed by atoms with van der Waals surface area (Å²) in [7, 11) is 0. The van der Waals surface area contributed by atoms with Gasteiger partial charge >= 0.3 is 18.0 Å². The highest BCUT2D eigenvalue weighted by atomic mass is 19.4. The first-order valence-electron chi connectivity index (χ1n) is 7.22. The zero-order valence-corrected chi connectivity index (χ0v) is 12.8. The van der Waals surface area contributed by atoms with Crippen molar-refractivity contribution in [1.82, 2.24) is 0 Å². The molecule has 0 spiro atoms. The molecule has 0 amide bonds. The average molecular weight is 352 g/mol. The first-order valence-corrected chi connectivity index (χ1v) is 7.22. The van der Waals surface area contributed by atoms with Gasteiger partial charge in [-0.1, -0.05) is 20.8 Å². The lowest BCUT2D eigenvalue weighted by Crippen LogP contribution is -2.61. The molecular formula is C14H19F7O2. The molecule has 23 heavy (non-hydrogen) atoms. The molecule has 0 heterocycles. The number of rotatable bonds is 3. The fourth-order valence-corrected chi connectivity index (χ4v) is 4.42. The highest BCUT2D eigenvalue weighted by Gasteiger charge is 2.79. The maximum Gasteiger partial charge on any atom is 0.459 e. The molecule has 0 aliphatic heterocycles. The lowest BCUT2D eigenvalue weighted by molar-refractivity contribution is -0.377. The second kappa shape index (κ2) is 4.74. The van der Waals surface area contributed by atoms with Gasteiger partial charge in [0.05, 0.1) is 6.10 Å². The number of halogens is 7. The maximum atomic E-state index is 13.8. The van der Waals surface area contributed by atoms with Crippen molar-refractivity contribution in [2.24, 2.45) is 22.7 Å². The topological polar surface area (TPSA) is 40.5 Å². The van der Waals surface area contributed by atoms with Crippen molar-refractivity contribution in [2.75, 3.05) is 0 Å². The van der Waals surface area contributed by atoms with E-state index in [2.05, 4.69) is 0 Å². The van der Waals surface area contributed by atoms with Crippen molar-refractivity contribution in [3.63, 3.8) is 0 Å². The first-order chi connectivity index (χ1) is 10.0. The van der Waals surface area contributed by atoms with Gasteiger partial charge in [-0.25, -0.2) is 0 Å². The summed E-state index contributed by atoms with van der Waals surface area (Å²) in [6.07, 6.45) is -10.7. The Morgan fingerprint density at radius 3 is 1.83 bits per heavy atom. The molecule has 9 heteroatoms. The van der Waals surface area contributed by atoms with Crippen LogP contribution >= 0.6 is 0 Å². The van der Waals surface area contributed by atoms with Gasteiger partial charge in [-0.15, -0.1) is 0 Å². The van der Waals surface area contributed by atoms with Crippen LogP contribution in [0.1, 0.15) is 33.6 Å². The quantitative estimate of drug-likeness (QED) is 0.762. The minimum absolute atomic E-state index is 0.274. The van der Waals surface area contributed by atoms with E-state index in [0.717, 1.165) is 0 Å². The molecule has 136 valence electrons. The van der Waals surface area contributed by atoms with Crippen LogP contribution in [0.3, 0.4) is 0 Å². The Kier molecular flexibility index (Phi) is 3.87. The zero-order valence-electron chi connectivity index (χ0n) is 12.8. The number of hydrogen-bond donors (Lipinski definition) is 2. The molecule has 2 bridgehead atoms. The van der Waals surface area contributed by atoms with E-state index < -0.39 is 52.9 Å². The largest absolute Gasteiger partial charge is 0.459 e. The van der Waals surface area contributed by atoms with E-state index in [1.54, 1.807) is 20.8 Å². The fraction of sp³-hybridized carbons (Fsp3) is 1.00. The molecule has 5 atom stereocenters. The van der Waals surface area contributed by atoms with E-state index in [9.17, 15) is 40.9 Å². The van der Waals surface area contributed by atoms with Gasteiger partial charge in [0.15, 0.2) is 0 Å². The molecule has 2 aliphatic carbocycles. The number of fused-ring (bicyclic) bond motifs is 2. The van der Waals surface area contributed by atoms with E-state index in [4.69, 9.17) is 0 Å².